The summed E-state index contributed by atoms with van der Waals surface area (Å²) in [7, 11) is 4.82. The molecule has 6 nitrogen and oxygen atoms in total. The minimum absolute atomic E-state index is 0.369. The zero-order chi connectivity index (χ0) is 24.5. The highest BCUT2D eigenvalue weighted by atomic mass is 16.5. The Bertz CT molecular complexity index is 1410. The molecule has 35 heavy (non-hydrogen) atoms. The van der Waals surface area contributed by atoms with E-state index in [0.29, 0.717) is 22.7 Å². The molecular weight excluding hydrogens is 442 g/mol. The first kappa shape index (κ1) is 22.2. The lowest BCUT2D eigenvalue weighted by Crippen LogP contribution is -2.24. The van der Waals surface area contributed by atoms with Gasteiger partial charge in [-0.15, -0.1) is 0 Å². The van der Waals surface area contributed by atoms with E-state index < -0.39 is 11.7 Å². The highest BCUT2D eigenvalue weighted by Gasteiger charge is 2.38. The van der Waals surface area contributed by atoms with Gasteiger partial charge in [0.1, 0.15) is 17.2 Å². The molecule has 0 atom stereocenters. The van der Waals surface area contributed by atoms with Gasteiger partial charge in [0.15, 0.2) is 0 Å². The molecule has 5 rings (SSSR count). The molecule has 0 aromatic heterocycles. The number of hydrogen-bond acceptors (Lipinski definition) is 5. The zero-order valence-electron chi connectivity index (χ0n) is 19.6. The van der Waals surface area contributed by atoms with Gasteiger partial charge in [-0.25, -0.2) is 0 Å². The molecule has 6 heteroatoms. The van der Waals surface area contributed by atoms with Gasteiger partial charge in [-0.2, -0.15) is 0 Å². The fourth-order valence-corrected chi connectivity index (χ4v) is 4.29. The van der Waals surface area contributed by atoms with Gasteiger partial charge in [-0.1, -0.05) is 24.3 Å². The molecule has 0 saturated heterocycles. The standard InChI is InChI=1S/C29H23NO5/c1-33-21-10-4-18(5-11-21)24-16-26-27(17-25(24)19-6-12-22(34-2)13-7-19)30(29(32)28(26)31)20-8-14-23(35-3)15-9-20/h4-17H,1-3H3. The van der Waals surface area contributed by atoms with Gasteiger partial charge in [0.25, 0.3) is 5.78 Å². The van der Waals surface area contributed by atoms with Gasteiger partial charge in [0.2, 0.25) is 0 Å². The van der Waals surface area contributed by atoms with Gasteiger partial charge in [0.05, 0.1) is 32.6 Å². The molecule has 0 saturated carbocycles. The average molecular weight is 466 g/mol. The van der Waals surface area contributed by atoms with Crippen LogP contribution in [0.3, 0.4) is 0 Å². The number of nitrogens with zero attached hydrogens (tertiary/aromatic N) is 1. The Balaban J connectivity index is 1.71. The second-order valence-electron chi connectivity index (χ2n) is 8.04. The van der Waals surface area contributed by atoms with Crippen LogP contribution in [-0.4, -0.2) is 33.0 Å². The lowest BCUT2D eigenvalue weighted by molar-refractivity contribution is -0.113. The molecule has 0 aliphatic carbocycles. The maximum atomic E-state index is 13.1. The molecule has 1 amide bonds. The number of carbonyl (C=O) groups excluding carboxylic acids is 2. The minimum Gasteiger partial charge on any atom is -0.497 e. The Morgan fingerprint density at radius 3 is 1.43 bits per heavy atom. The van der Waals surface area contributed by atoms with Gasteiger partial charge >= 0.3 is 5.91 Å². The second kappa shape index (κ2) is 8.99. The van der Waals surface area contributed by atoms with Crippen molar-refractivity contribution < 1.29 is 23.8 Å². The number of ketones is 1. The molecule has 0 fully saturated rings. The number of fused-ring (bicyclic) bond motifs is 1. The van der Waals surface area contributed by atoms with E-state index in [4.69, 9.17) is 14.2 Å². The van der Waals surface area contributed by atoms with Crippen molar-refractivity contribution in [2.24, 2.45) is 0 Å². The van der Waals surface area contributed by atoms with Crippen LogP contribution in [-0.2, 0) is 4.79 Å². The predicted molar refractivity (Wildman–Crippen MR) is 135 cm³/mol. The third-order valence-corrected chi connectivity index (χ3v) is 6.15. The van der Waals surface area contributed by atoms with E-state index in [9.17, 15) is 9.59 Å². The first-order valence-electron chi connectivity index (χ1n) is 11.0. The van der Waals surface area contributed by atoms with Crippen LogP contribution in [0, 0.1) is 0 Å². The van der Waals surface area contributed by atoms with Crippen molar-refractivity contribution in [3.8, 4) is 39.5 Å². The number of rotatable bonds is 6. The smallest absolute Gasteiger partial charge is 0.304 e. The highest BCUT2D eigenvalue weighted by Crippen LogP contribution is 2.43. The largest absolute Gasteiger partial charge is 0.497 e. The monoisotopic (exact) mass is 465 g/mol. The number of anilines is 2. The van der Waals surface area contributed by atoms with Crippen LogP contribution in [0.25, 0.3) is 22.3 Å². The van der Waals surface area contributed by atoms with Gasteiger partial charge in [-0.3, -0.25) is 14.5 Å². The van der Waals surface area contributed by atoms with Crippen LogP contribution in [0.1, 0.15) is 10.4 Å². The van der Waals surface area contributed by atoms with Crippen LogP contribution in [0.4, 0.5) is 11.4 Å². The maximum absolute atomic E-state index is 13.1. The van der Waals surface area contributed by atoms with Crippen LogP contribution in [0.15, 0.2) is 84.9 Å². The van der Waals surface area contributed by atoms with Crippen molar-refractivity contribution in [3.63, 3.8) is 0 Å². The van der Waals surface area contributed by atoms with Crippen LogP contribution >= 0.6 is 0 Å². The van der Waals surface area contributed by atoms with Gasteiger partial charge in [-0.05, 0) is 82.9 Å². The zero-order valence-corrected chi connectivity index (χ0v) is 19.6. The number of carbonyl (C=O) groups is 2. The number of benzene rings is 4. The van der Waals surface area contributed by atoms with E-state index in [0.717, 1.165) is 33.8 Å². The third kappa shape index (κ3) is 3.89. The van der Waals surface area contributed by atoms with Gasteiger partial charge in [0, 0.05) is 5.69 Å². The third-order valence-electron chi connectivity index (χ3n) is 6.15. The van der Waals surface area contributed by atoms with E-state index in [1.165, 1.54) is 4.90 Å². The lowest BCUT2D eigenvalue weighted by atomic mass is 9.91. The molecule has 0 N–H and O–H groups in total. The summed E-state index contributed by atoms with van der Waals surface area (Å²) < 4.78 is 15.9. The van der Waals surface area contributed by atoms with E-state index >= 15 is 0 Å². The van der Waals surface area contributed by atoms with Crippen molar-refractivity contribution in [2.45, 2.75) is 0 Å². The minimum atomic E-state index is -0.585. The predicted octanol–water partition coefficient (Wildman–Crippen LogP) is 5.91. The number of amides is 1. The van der Waals surface area contributed by atoms with Crippen LogP contribution < -0.4 is 19.1 Å². The summed E-state index contributed by atoms with van der Waals surface area (Å²) >= 11 is 0. The number of methoxy groups -OCH3 is 3. The Kier molecular flexibility index (Phi) is 5.71. The maximum Gasteiger partial charge on any atom is 0.304 e. The molecule has 0 spiro atoms. The van der Waals surface area contributed by atoms with E-state index in [1.54, 1.807) is 51.7 Å². The van der Waals surface area contributed by atoms with Crippen molar-refractivity contribution in [3.05, 3.63) is 90.5 Å². The fourth-order valence-electron chi connectivity index (χ4n) is 4.29. The second-order valence-corrected chi connectivity index (χ2v) is 8.04. The summed E-state index contributed by atoms with van der Waals surface area (Å²) in [6, 6.07) is 26.1. The van der Waals surface area contributed by atoms with Crippen molar-refractivity contribution in [2.75, 3.05) is 26.2 Å². The molecule has 1 aliphatic rings. The first-order chi connectivity index (χ1) is 17.0. The first-order valence-corrected chi connectivity index (χ1v) is 11.0. The Hall–Kier alpha value is -4.58. The summed E-state index contributed by atoms with van der Waals surface area (Å²) in [5, 5.41) is 0. The summed E-state index contributed by atoms with van der Waals surface area (Å²) in [6.45, 7) is 0. The molecule has 0 bridgehead atoms. The molecule has 4 aromatic rings. The Morgan fingerprint density at radius 1 is 0.543 bits per heavy atom. The highest BCUT2D eigenvalue weighted by molar-refractivity contribution is 6.54. The van der Waals surface area contributed by atoms with Crippen molar-refractivity contribution in [1.82, 2.24) is 0 Å². The molecule has 4 aromatic carbocycles. The normalized spacial score (nSPS) is 12.5. The molecule has 174 valence electrons. The molecule has 1 aliphatic heterocycles. The van der Waals surface area contributed by atoms with E-state index in [1.807, 2.05) is 54.6 Å². The van der Waals surface area contributed by atoms with Crippen LogP contribution in [0.2, 0.25) is 0 Å². The molecular formula is C29H23NO5. The summed E-state index contributed by atoms with van der Waals surface area (Å²) in [6.07, 6.45) is 0. The number of Topliss-reactive ketones (excluding diaryl/α,β-unsaturated/α-hetero) is 1. The molecule has 0 radical (unpaired) electrons. The summed E-state index contributed by atoms with van der Waals surface area (Å²) in [5.74, 6) is 1.02. The number of hydrogen-bond donors (Lipinski definition) is 0. The fraction of sp³-hybridized carbons (Fsp3) is 0.103. The van der Waals surface area contributed by atoms with Crippen molar-refractivity contribution in [1.29, 1.82) is 0 Å². The molecule has 1 heterocycles. The SMILES string of the molecule is COc1ccc(-c2cc3c(cc2-c2ccc(OC)cc2)N(c2ccc(OC)cc2)C(=O)C3=O)cc1. The topological polar surface area (TPSA) is 65.1 Å². The van der Waals surface area contributed by atoms with Crippen molar-refractivity contribution >= 4 is 23.1 Å². The summed E-state index contributed by atoms with van der Waals surface area (Å²) in [4.78, 5) is 27.6. The average Bonchev–Trinajstić information content (AvgIpc) is 3.17. The van der Waals surface area contributed by atoms with E-state index in [2.05, 4.69) is 0 Å². The van der Waals surface area contributed by atoms with Gasteiger partial charge < -0.3 is 14.2 Å². The van der Waals surface area contributed by atoms with E-state index in [-0.39, 0.29) is 0 Å². The van der Waals surface area contributed by atoms with Crippen LogP contribution in [0.5, 0.6) is 17.2 Å². The number of ether oxygens (including phenoxy) is 3. The quantitative estimate of drug-likeness (QED) is 0.331. The summed E-state index contributed by atoms with van der Waals surface area (Å²) in [5.41, 5.74) is 5.08. The lowest BCUT2D eigenvalue weighted by Gasteiger charge is -2.19. The molecule has 0 unspecified atom stereocenters. The Morgan fingerprint density at radius 2 is 0.971 bits per heavy atom. The Labute approximate surface area is 203 Å².